The van der Waals surface area contributed by atoms with E-state index in [1.807, 2.05) is 30.3 Å². The van der Waals surface area contributed by atoms with Crippen LogP contribution < -0.4 is 25.3 Å². The molecule has 1 fully saturated rings. The first-order valence-electron chi connectivity index (χ1n) is 9.98. The highest BCUT2D eigenvalue weighted by atomic mass is 127. The van der Waals surface area contributed by atoms with Gasteiger partial charge >= 0.3 is 0 Å². The minimum Gasteiger partial charge on any atom is -0.493 e. The van der Waals surface area contributed by atoms with Gasteiger partial charge in [-0.3, -0.25) is 0 Å². The molecule has 0 aliphatic heterocycles. The van der Waals surface area contributed by atoms with E-state index in [0.717, 1.165) is 30.0 Å². The van der Waals surface area contributed by atoms with Crippen LogP contribution in [0.3, 0.4) is 0 Å². The molecule has 1 saturated carbocycles. The van der Waals surface area contributed by atoms with E-state index in [2.05, 4.69) is 22.2 Å². The Morgan fingerprint density at radius 2 is 1.83 bits per heavy atom. The average Bonchev–Trinajstić information content (AvgIpc) is 2.74. The predicted molar refractivity (Wildman–Crippen MR) is 130 cm³/mol. The van der Waals surface area contributed by atoms with Gasteiger partial charge in [0, 0.05) is 24.0 Å². The van der Waals surface area contributed by atoms with E-state index in [4.69, 9.17) is 19.9 Å². The van der Waals surface area contributed by atoms with Crippen molar-refractivity contribution in [2.75, 3.05) is 19.5 Å². The summed E-state index contributed by atoms with van der Waals surface area (Å²) in [4.78, 5) is 8.75. The van der Waals surface area contributed by atoms with E-state index in [1.165, 1.54) is 12.8 Å². The maximum absolute atomic E-state index is 6.06. The molecule has 0 saturated heterocycles. The summed E-state index contributed by atoms with van der Waals surface area (Å²) in [5, 5.41) is 3.07. The summed E-state index contributed by atoms with van der Waals surface area (Å²) >= 11 is 0. The Hall–Kier alpha value is -2.23. The third-order valence-corrected chi connectivity index (χ3v) is 5.14. The number of methoxy groups -OCH3 is 2. The molecule has 164 valence electrons. The topological polar surface area (TPSA) is 91.0 Å². The fraction of sp³-hybridized carbons (Fsp3) is 0.455. The van der Waals surface area contributed by atoms with E-state index in [9.17, 15) is 0 Å². The number of aliphatic imine (C=N–C) groups is 1. The number of halogens is 1. The third-order valence-electron chi connectivity index (χ3n) is 5.14. The van der Waals surface area contributed by atoms with E-state index >= 15 is 0 Å². The maximum atomic E-state index is 6.06. The van der Waals surface area contributed by atoms with Gasteiger partial charge in [-0.25, -0.2) is 9.98 Å². The van der Waals surface area contributed by atoms with Crippen LogP contribution in [0, 0.1) is 5.92 Å². The molecule has 1 aromatic carbocycles. The lowest BCUT2D eigenvalue weighted by molar-refractivity contribution is 0.130. The molecule has 1 heterocycles. The van der Waals surface area contributed by atoms with Gasteiger partial charge in [-0.15, -0.1) is 24.0 Å². The second kappa shape index (κ2) is 11.8. The number of rotatable bonds is 7. The first-order chi connectivity index (χ1) is 14.1. The van der Waals surface area contributed by atoms with Gasteiger partial charge in [-0.1, -0.05) is 6.92 Å². The van der Waals surface area contributed by atoms with Gasteiger partial charge in [0.15, 0.2) is 17.5 Å². The quantitative estimate of drug-likeness (QED) is 0.312. The summed E-state index contributed by atoms with van der Waals surface area (Å²) in [6.45, 7) is 2.74. The molecule has 30 heavy (non-hydrogen) atoms. The van der Waals surface area contributed by atoms with Crippen LogP contribution in [0.15, 0.2) is 41.5 Å². The Morgan fingerprint density at radius 1 is 1.10 bits per heavy atom. The van der Waals surface area contributed by atoms with Crippen LogP contribution in [0.2, 0.25) is 0 Å². The third kappa shape index (κ3) is 6.93. The van der Waals surface area contributed by atoms with Crippen molar-refractivity contribution in [3.63, 3.8) is 0 Å². The second-order valence-electron chi connectivity index (χ2n) is 7.40. The van der Waals surface area contributed by atoms with Crippen molar-refractivity contribution >= 4 is 35.6 Å². The second-order valence-corrected chi connectivity index (χ2v) is 7.40. The van der Waals surface area contributed by atoms with Gasteiger partial charge in [-0.2, -0.15) is 0 Å². The fourth-order valence-electron chi connectivity index (χ4n) is 3.41. The van der Waals surface area contributed by atoms with Crippen LogP contribution in [-0.4, -0.2) is 31.3 Å². The molecule has 0 amide bonds. The van der Waals surface area contributed by atoms with E-state index in [1.54, 1.807) is 20.4 Å². The number of nitrogens with one attached hydrogen (secondary N) is 1. The Kier molecular flexibility index (Phi) is 9.48. The van der Waals surface area contributed by atoms with Crippen LogP contribution in [0.5, 0.6) is 17.4 Å². The SMILES string of the molecule is COc1ccc(NC(N)=NCc2ccnc(OC3CCC(C)CC3)c2)cc1OC.I. The van der Waals surface area contributed by atoms with Crippen molar-refractivity contribution in [1.82, 2.24) is 4.98 Å². The van der Waals surface area contributed by atoms with Crippen molar-refractivity contribution in [1.29, 1.82) is 0 Å². The lowest BCUT2D eigenvalue weighted by Crippen LogP contribution is -2.23. The zero-order valence-electron chi connectivity index (χ0n) is 17.8. The van der Waals surface area contributed by atoms with Crippen LogP contribution in [0.1, 0.15) is 38.2 Å². The Balaban J connectivity index is 0.00000320. The lowest BCUT2D eigenvalue weighted by Gasteiger charge is -2.26. The first-order valence-corrected chi connectivity index (χ1v) is 9.98. The number of nitrogens with two attached hydrogens (primary N) is 1. The Bertz CT molecular complexity index is 839. The summed E-state index contributed by atoms with van der Waals surface area (Å²) in [5.41, 5.74) is 7.80. The minimum atomic E-state index is 0. The van der Waals surface area contributed by atoms with Crippen LogP contribution in [0.25, 0.3) is 0 Å². The zero-order chi connectivity index (χ0) is 20.6. The van der Waals surface area contributed by atoms with Crippen LogP contribution >= 0.6 is 24.0 Å². The smallest absolute Gasteiger partial charge is 0.213 e. The van der Waals surface area contributed by atoms with Crippen LogP contribution in [0.4, 0.5) is 5.69 Å². The highest BCUT2D eigenvalue weighted by molar-refractivity contribution is 14.0. The number of anilines is 1. The number of hydrogen-bond donors (Lipinski definition) is 2. The molecule has 1 aliphatic carbocycles. The molecule has 0 unspecified atom stereocenters. The molecular formula is C22H31IN4O3. The maximum Gasteiger partial charge on any atom is 0.213 e. The average molecular weight is 526 g/mol. The monoisotopic (exact) mass is 526 g/mol. The molecule has 7 nitrogen and oxygen atoms in total. The van der Waals surface area contributed by atoms with Crippen molar-refractivity contribution < 1.29 is 14.2 Å². The highest BCUT2D eigenvalue weighted by Gasteiger charge is 2.19. The van der Waals surface area contributed by atoms with E-state index in [0.29, 0.717) is 29.9 Å². The molecule has 8 heteroatoms. The van der Waals surface area contributed by atoms with Gasteiger partial charge in [-0.05, 0) is 55.4 Å². The summed E-state index contributed by atoms with van der Waals surface area (Å²) in [7, 11) is 3.19. The van der Waals surface area contributed by atoms with Crippen LogP contribution in [-0.2, 0) is 6.54 Å². The molecule has 0 atom stereocenters. The van der Waals surface area contributed by atoms with Crippen molar-refractivity contribution in [2.24, 2.45) is 16.6 Å². The molecule has 2 aromatic rings. The zero-order valence-corrected chi connectivity index (χ0v) is 20.1. The van der Waals surface area contributed by atoms with Gasteiger partial charge in [0.2, 0.25) is 5.88 Å². The summed E-state index contributed by atoms with van der Waals surface area (Å²) in [6.07, 6.45) is 6.62. The number of guanidine groups is 1. The number of hydrogen-bond acceptors (Lipinski definition) is 5. The predicted octanol–water partition coefficient (Wildman–Crippen LogP) is 4.60. The Morgan fingerprint density at radius 3 is 2.53 bits per heavy atom. The number of aromatic nitrogens is 1. The number of ether oxygens (including phenoxy) is 3. The molecule has 1 aromatic heterocycles. The molecule has 1 aliphatic rings. The molecule has 3 N–H and O–H groups in total. The molecular weight excluding hydrogens is 495 g/mol. The van der Waals surface area contributed by atoms with Gasteiger partial charge in [0.05, 0.1) is 20.8 Å². The first kappa shape index (κ1) is 24.0. The largest absolute Gasteiger partial charge is 0.493 e. The fourth-order valence-corrected chi connectivity index (χ4v) is 3.41. The summed E-state index contributed by atoms with van der Waals surface area (Å²) < 4.78 is 16.6. The molecule has 0 spiro atoms. The number of nitrogens with zero attached hydrogens (tertiary/aromatic N) is 2. The summed E-state index contributed by atoms with van der Waals surface area (Å²) in [5.74, 6) is 3.05. The van der Waals surface area contributed by atoms with E-state index in [-0.39, 0.29) is 30.1 Å². The van der Waals surface area contributed by atoms with Crippen molar-refractivity contribution in [2.45, 2.75) is 45.3 Å². The van der Waals surface area contributed by atoms with Crippen molar-refractivity contribution in [3.8, 4) is 17.4 Å². The molecule has 0 radical (unpaired) electrons. The summed E-state index contributed by atoms with van der Waals surface area (Å²) in [6, 6.07) is 9.33. The molecule has 0 bridgehead atoms. The Labute approximate surface area is 195 Å². The number of pyridine rings is 1. The molecule has 3 rings (SSSR count). The van der Waals surface area contributed by atoms with Crippen molar-refractivity contribution in [3.05, 3.63) is 42.1 Å². The van der Waals surface area contributed by atoms with Gasteiger partial charge < -0.3 is 25.3 Å². The normalized spacial score (nSPS) is 18.8. The van der Waals surface area contributed by atoms with Gasteiger partial charge in [0.25, 0.3) is 0 Å². The number of benzene rings is 1. The standard InChI is InChI=1S/C22H30N4O3.HI/c1-15-4-7-18(8-5-15)29-21-12-16(10-11-24-21)14-25-22(23)26-17-6-9-19(27-2)20(13-17)28-3;/h6,9-13,15,18H,4-5,7-8,14H2,1-3H3,(H3,23,25,26);1H. The van der Waals surface area contributed by atoms with E-state index < -0.39 is 0 Å². The highest BCUT2D eigenvalue weighted by Crippen LogP contribution is 2.29. The van der Waals surface area contributed by atoms with Gasteiger partial charge in [0.1, 0.15) is 6.10 Å². The minimum absolute atomic E-state index is 0. The lowest BCUT2D eigenvalue weighted by atomic mass is 9.89.